The van der Waals surface area contributed by atoms with Crippen LogP contribution in [0.3, 0.4) is 0 Å². The van der Waals surface area contributed by atoms with Crippen molar-refractivity contribution in [3.8, 4) is 0 Å². The first kappa shape index (κ1) is 6.97. The Bertz CT molecular complexity index is 107. The molecule has 0 amide bonds. The lowest BCUT2D eigenvalue weighted by atomic mass is 10.1. The van der Waals surface area contributed by atoms with E-state index >= 15 is 0 Å². The predicted molar refractivity (Wildman–Crippen MR) is 32.5 cm³/mol. The minimum Gasteiger partial charge on any atom is -0.207 e. The van der Waals surface area contributed by atoms with Crippen LogP contribution in [0.1, 0.15) is 26.7 Å². The van der Waals surface area contributed by atoms with Crippen molar-refractivity contribution in [2.75, 3.05) is 0 Å². The second-order valence-electron chi connectivity index (χ2n) is 3.29. The third-order valence-corrected chi connectivity index (χ3v) is 1.71. The van der Waals surface area contributed by atoms with Crippen molar-refractivity contribution < 1.29 is 8.78 Å². The Labute approximate surface area is 54.3 Å². The SMILES string of the molecule is CC(C)C[C@@H]1CC1(F)F. The fraction of sp³-hybridized carbons (Fsp3) is 1.00. The van der Waals surface area contributed by atoms with Crippen LogP contribution in [0.5, 0.6) is 0 Å². The Balaban J connectivity index is 2.20. The van der Waals surface area contributed by atoms with Gasteiger partial charge in [-0.25, -0.2) is 8.78 Å². The van der Waals surface area contributed by atoms with E-state index in [0.717, 1.165) is 0 Å². The topological polar surface area (TPSA) is 0 Å². The molecule has 0 aromatic carbocycles. The summed E-state index contributed by atoms with van der Waals surface area (Å²) in [5.74, 6) is -2.18. The Morgan fingerprint density at radius 3 is 2.11 bits per heavy atom. The van der Waals surface area contributed by atoms with Crippen LogP contribution >= 0.6 is 0 Å². The molecule has 1 aliphatic rings. The summed E-state index contributed by atoms with van der Waals surface area (Å²) in [5.41, 5.74) is 0. The van der Waals surface area contributed by atoms with Gasteiger partial charge < -0.3 is 0 Å². The van der Waals surface area contributed by atoms with Crippen LogP contribution in [0.4, 0.5) is 8.78 Å². The summed E-state index contributed by atoms with van der Waals surface area (Å²) in [6.07, 6.45) is 0.818. The van der Waals surface area contributed by atoms with Crippen LogP contribution in [0.15, 0.2) is 0 Å². The van der Waals surface area contributed by atoms with Gasteiger partial charge in [-0.3, -0.25) is 0 Å². The van der Waals surface area contributed by atoms with Gasteiger partial charge in [0.25, 0.3) is 5.92 Å². The smallest absolute Gasteiger partial charge is 0.207 e. The van der Waals surface area contributed by atoms with Crippen LogP contribution in [0, 0.1) is 11.8 Å². The number of hydrogen-bond donors (Lipinski definition) is 0. The summed E-state index contributed by atoms with van der Waals surface area (Å²) in [6.45, 7) is 3.96. The van der Waals surface area contributed by atoms with Gasteiger partial charge in [-0.15, -0.1) is 0 Å². The lowest BCUT2D eigenvalue weighted by Crippen LogP contribution is -1.97. The standard InChI is InChI=1S/C7H12F2/c1-5(2)3-6-4-7(6,8)9/h5-6H,3-4H2,1-2H3/t6-/m1/s1. The fourth-order valence-corrected chi connectivity index (χ4v) is 1.09. The lowest BCUT2D eigenvalue weighted by Gasteiger charge is -2.00. The molecule has 0 spiro atoms. The highest BCUT2D eigenvalue weighted by molar-refractivity contribution is 4.94. The van der Waals surface area contributed by atoms with Gasteiger partial charge in [-0.05, 0) is 12.3 Å². The third-order valence-electron chi connectivity index (χ3n) is 1.71. The van der Waals surface area contributed by atoms with E-state index in [-0.39, 0.29) is 12.3 Å². The highest BCUT2D eigenvalue weighted by Crippen LogP contribution is 2.51. The average molecular weight is 134 g/mol. The Hall–Kier alpha value is -0.140. The minimum atomic E-state index is -2.30. The molecule has 0 saturated heterocycles. The molecule has 0 bridgehead atoms. The number of alkyl halides is 2. The highest BCUT2D eigenvalue weighted by Gasteiger charge is 2.56. The Kier molecular flexibility index (Phi) is 1.49. The largest absolute Gasteiger partial charge is 0.251 e. The first-order chi connectivity index (χ1) is 4.02. The molecular formula is C7H12F2. The molecule has 1 aliphatic carbocycles. The molecular weight excluding hydrogens is 122 g/mol. The second kappa shape index (κ2) is 1.93. The molecule has 0 heterocycles. The van der Waals surface area contributed by atoms with Gasteiger partial charge >= 0.3 is 0 Å². The third kappa shape index (κ3) is 1.63. The van der Waals surface area contributed by atoms with Crippen LogP contribution in [0.2, 0.25) is 0 Å². The number of halogens is 2. The van der Waals surface area contributed by atoms with Crippen LogP contribution in [0.25, 0.3) is 0 Å². The van der Waals surface area contributed by atoms with Crippen LogP contribution in [-0.2, 0) is 0 Å². The monoisotopic (exact) mass is 134 g/mol. The summed E-state index contributed by atoms with van der Waals surface area (Å²) in [6, 6.07) is 0. The van der Waals surface area contributed by atoms with E-state index in [1.54, 1.807) is 0 Å². The van der Waals surface area contributed by atoms with Gasteiger partial charge in [0.05, 0.1) is 0 Å². The van der Waals surface area contributed by atoms with Crippen LogP contribution < -0.4 is 0 Å². The summed E-state index contributed by atoms with van der Waals surface area (Å²) < 4.78 is 24.3. The maximum atomic E-state index is 12.2. The molecule has 54 valence electrons. The molecule has 0 aromatic rings. The van der Waals surface area contributed by atoms with E-state index in [4.69, 9.17) is 0 Å². The van der Waals surface area contributed by atoms with E-state index in [1.165, 1.54) is 0 Å². The number of rotatable bonds is 2. The summed E-state index contributed by atoms with van der Waals surface area (Å²) in [5, 5.41) is 0. The van der Waals surface area contributed by atoms with Crippen molar-refractivity contribution in [3.63, 3.8) is 0 Å². The molecule has 1 rings (SSSR count). The fourth-order valence-electron chi connectivity index (χ4n) is 1.09. The molecule has 0 unspecified atom stereocenters. The predicted octanol–water partition coefficient (Wildman–Crippen LogP) is 2.69. The van der Waals surface area contributed by atoms with Gasteiger partial charge in [0.1, 0.15) is 0 Å². The molecule has 1 fully saturated rings. The minimum absolute atomic E-state index is 0.130. The van der Waals surface area contributed by atoms with Crippen molar-refractivity contribution in [1.29, 1.82) is 0 Å². The van der Waals surface area contributed by atoms with E-state index in [0.29, 0.717) is 12.3 Å². The zero-order valence-corrected chi connectivity index (χ0v) is 5.82. The van der Waals surface area contributed by atoms with Crippen LogP contribution in [-0.4, -0.2) is 5.92 Å². The van der Waals surface area contributed by atoms with Gasteiger partial charge in [0.15, 0.2) is 0 Å². The molecule has 9 heavy (non-hydrogen) atoms. The van der Waals surface area contributed by atoms with Crippen molar-refractivity contribution in [3.05, 3.63) is 0 Å². The molecule has 0 aliphatic heterocycles. The molecule has 0 N–H and O–H groups in total. The van der Waals surface area contributed by atoms with Crippen molar-refractivity contribution in [2.24, 2.45) is 11.8 Å². The molecule has 1 saturated carbocycles. The van der Waals surface area contributed by atoms with Gasteiger partial charge in [0, 0.05) is 12.3 Å². The van der Waals surface area contributed by atoms with Gasteiger partial charge in [-0.2, -0.15) is 0 Å². The average Bonchev–Trinajstić information content (AvgIpc) is 2.10. The molecule has 0 nitrogen and oxygen atoms in total. The summed E-state index contributed by atoms with van der Waals surface area (Å²) >= 11 is 0. The first-order valence-corrected chi connectivity index (χ1v) is 3.40. The highest BCUT2D eigenvalue weighted by atomic mass is 19.3. The molecule has 1 atom stereocenters. The molecule has 0 radical (unpaired) electrons. The van der Waals surface area contributed by atoms with Crippen molar-refractivity contribution in [1.82, 2.24) is 0 Å². The van der Waals surface area contributed by atoms with E-state index < -0.39 is 5.92 Å². The summed E-state index contributed by atoms with van der Waals surface area (Å²) in [4.78, 5) is 0. The van der Waals surface area contributed by atoms with E-state index in [9.17, 15) is 8.78 Å². The van der Waals surface area contributed by atoms with E-state index in [2.05, 4.69) is 0 Å². The maximum absolute atomic E-state index is 12.2. The first-order valence-electron chi connectivity index (χ1n) is 3.40. The second-order valence-corrected chi connectivity index (χ2v) is 3.29. The summed E-state index contributed by atoms with van der Waals surface area (Å²) in [7, 11) is 0. The number of hydrogen-bond acceptors (Lipinski definition) is 0. The molecule has 2 heteroatoms. The maximum Gasteiger partial charge on any atom is 0.251 e. The molecule has 0 aromatic heterocycles. The van der Waals surface area contributed by atoms with Gasteiger partial charge in [-0.1, -0.05) is 13.8 Å². The van der Waals surface area contributed by atoms with Crippen molar-refractivity contribution in [2.45, 2.75) is 32.6 Å². The zero-order valence-electron chi connectivity index (χ0n) is 5.82. The van der Waals surface area contributed by atoms with Gasteiger partial charge in [0.2, 0.25) is 0 Å². The van der Waals surface area contributed by atoms with Crippen molar-refractivity contribution >= 4 is 0 Å². The van der Waals surface area contributed by atoms with E-state index in [1.807, 2.05) is 13.8 Å². The normalized spacial score (nSPS) is 31.0. The lowest BCUT2D eigenvalue weighted by molar-refractivity contribution is 0.0941. The Morgan fingerprint density at radius 1 is 1.56 bits per heavy atom. The quantitative estimate of drug-likeness (QED) is 0.544. The zero-order chi connectivity index (χ0) is 7.07. The Morgan fingerprint density at radius 2 is 2.00 bits per heavy atom.